The predicted octanol–water partition coefficient (Wildman–Crippen LogP) is 2.72. The molecular weight excluding hydrogens is 276 g/mol. The van der Waals surface area contributed by atoms with Crippen molar-refractivity contribution in [3.63, 3.8) is 0 Å². The van der Waals surface area contributed by atoms with Crippen LogP contribution in [0.3, 0.4) is 0 Å². The fraction of sp³-hybridized carbons (Fsp3) is 0.571. The van der Waals surface area contributed by atoms with Crippen LogP contribution in [0.15, 0.2) is 12.1 Å². The molecule has 2 rings (SSSR count). The van der Waals surface area contributed by atoms with E-state index < -0.39 is 0 Å². The van der Waals surface area contributed by atoms with Gasteiger partial charge in [-0.3, -0.25) is 4.79 Å². The molecule has 1 fully saturated rings. The molecule has 1 aliphatic carbocycles. The lowest BCUT2D eigenvalue weighted by atomic mass is 9.84. The lowest BCUT2D eigenvalue weighted by Gasteiger charge is -2.28. The second-order valence-corrected chi connectivity index (χ2v) is 5.69. The first kappa shape index (κ1) is 15.1. The molecule has 0 aromatic carbocycles. The van der Waals surface area contributed by atoms with E-state index in [1.807, 2.05) is 0 Å². The molecule has 110 valence electrons. The van der Waals surface area contributed by atoms with Crippen molar-refractivity contribution in [2.24, 2.45) is 11.8 Å². The van der Waals surface area contributed by atoms with Crippen molar-refractivity contribution in [1.29, 1.82) is 0 Å². The highest BCUT2D eigenvalue weighted by Crippen LogP contribution is 2.26. The van der Waals surface area contributed by atoms with E-state index in [9.17, 15) is 4.79 Å². The van der Waals surface area contributed by atoms with Crippen molar-refractivity contribution in [2.45, 2.75) is 45.1 Å². The van der Waals surface area contributed by atoms with Crippen molar-refractivity contribution in [3.8, 4) is 0 Å². The lowest BCUT2D eigenvalue weighted by molar-refractivity contribution is 0.0921. The number of carbonyl (C=O) groups is 1. The Morgan fingerprint density at radius 3 is 2.70 bits per heavy atom. The first-order chi connectivity index (χ1) is 9.62. The highest BCUT2D eigenvalue weighted by Gasteiger charge is 2.22. The van der Waals surface area contributed by atoms with Crippen LogP contribution < -0.4 is 16.6 Å². The summed E-state index contributed by atoms with van der Waals surface area (Å²) in [6, 6.07) is 3.40. The first-order valence-corrected chi connectivity index (χ1v) is 7.45. The van der Waals surface area contributed by atoms with E-state index in [4.69, 9.17) is 17.4 Å². The van der Waals surface area contributed by atoms with Gasteiger partial charge in [0.15, 0.2) is 0 Å². The number of halogens is 1. The summed E-state index contributed by atoms with van der Waals surface area (Å²) in [5, 5.41) is 3.31. The van der Waals surface area contributed by atoms with Gasteiger partial charge in [-0.25, -0.2) is 10.8 Å². The molecular formula is C14H21ClN4O. The maximum atomic E-state index is 12.2. The third-order valence-corrected chi connectivity index (χ3v) is 4.16. The molecule has 5 nitrogen and oxygen atoms in total. The van der Waals surface area contributed by atoms with Crippen molar-refractivity contribution in [3.05, 3.63) is 22.8 Å². The van der Waals surface area contributed by atoms with Crippen LogP contribution in [0.2, 0.25) is 5.15 Å². The van der Waals surface area contributed by atoms with E-state index in [1.165, 1.54) is 19.3 Å². The van der Waals surface area contributed by atoms with Gasteiger partial charge in [0, 0.05) is 11.6 Å². The summed E-state index contributed by atoms with van der Waals surface area (Å²) in [5.74, 6) is 6.38. The molecule has 4 N–H and O–H groups in total. The van der Waals surface area contributed by atoms with Crippen LogP contribution in [0, 0.1) is 5.92 Å². The topological polar surface area (TPSA) is 80.0 Å². The zero-order valence-electron chi connectivity index (χ0n) is 11.7. The number of nitrogens with two attached hydrogens (primary N) is 1. The van der Waals surface area contributed by atoms with E-state index >= 15 is 0 Å². The van der Waals surface area contributed by atoms with Gasteiger partial charge < -0.3 is 10.7 Å². The summed E-state index contributed by atoms with van der Waals surface area (Å²) < 4.78 is 0. The van der Waals surface area contributed by atoms with E-state index in [-0.39, 0.29) is 17.1 Å². The number of hydrogen-bond donors (Lipinski definition) is 3. The Morgan fingerprint density at radius 2 is 2.10 bits per heavy atom. The predicted molar refractivity (Wildman–Crippen MR) is 80.6 cm³/mol. The maximum Gasteiger partial charge on any atom is 0.251 e. The molecule has 1 aliphatic rings. The number of hydrogen-bond acceptors (Lipinski definition) is 4. The van der Waals surface area contributed by atoms with Crippen LogP contribution in [0.25, 0.3) is 0 Å². The van der Waals surface area contributed by atoms with E-state index in [1.54, 1.807) is 12.1 Å². The van der Waals surface area contributed by atoms with Gasteiger partial charge in [-0.2, -0.15) is 0 Å². The minimum absolute atomic E-state index is 0.120. The van der Waals surface area contributed by atoms with Gasteiger partial charge in [0.25, 0.3) is 5.91 Å². The van der Waals surface area contributed by atoms with Crippen LogP contribution in [-0.2, 0) is 0 Å². The molecule has 6 heteroatoms. The van der Waals surface area contributed by atoms with Gasteiger partial charge in [-0.15, -0.1) is 0 Å². The van der Waals surface area contributed by atoms with Gasteiger partial charge in [-0.1, -0.05) is 24.9 Å². The normalized spacial score (nSPS) is 22.4. The smallest absolute Gasteiger partial charge is 0.251 e. The minimum atomic E-state index is -0.120. The van der Waals surface area contributed by atoms with Gasteiger partial charge in [0.2, 0.25) is 0 Å². The molecule has 1 saturated carbocycles. The quantitative estimate of drug-likeness (QED) is 0.453. The van der Waals surface area contributed by atoms with Crippen LogP contribution in [0.4, 0.5) is 5.82 Å². The molecule has 0 radical (unpaired) electrons. The third-order valence-electron chi connectivity index (χ3n) is 3.96. The molecule has 0 unspecified atom stereocenters. The number of carbonyl (C=O) groups excluding carboxylic acids is 1. The summed E-state index contributed by atoms with van der Waals surface area (Å²) in [7, 11) is 0. The highest BCUT2D eigenvalue weighted by molar-refractivity contribution is 6.29. The molecule has 0 spiro atoms. The maximum absolute atomic E-state index is 12.2. The molecule has 0 bridgehead atoms. The van der Waals surface area contributed by atoms with Crippen LogP contribution in [-0.4, -0.2) is 16.9 Å². The number of nitrogens with zero attached hydrogens (tertiary/aromatic N) is 1. The molecule has 20 heavy (non-hydrogen) atoms. The van der Waals surface area contributed by atoms with Gasteiger partial charge in [-0.05, 0) is 43.7 Å². The van der Waals surface area contributed by atoms with Crippen LogP contribution in [0.5, 0.6) is 0 Å². The van der Waals surface area contributed by atoms with Crippen molar-refractivity contribution >= 4 is 23.3 Å². The Kier molecular flexibility index (Phi) is 5.20. The summed E-state index contributed by atoms with van der Waals surface area (Å²) >= 11 is 5.87. The number of nitrogens with one attached hydrogen (secondary N) is 2. The summed E-state index contributed by atoms with van der Waals surface area (Å²) in [6.45, 7) is 2.23. The first-order valence-electron chi connectivity index (χ1n) is 7.07. The van der Waals surface area contributed by atoms with Crippen molar-refractivity contribution < 1.29 is 4.79 Å². The third kappa shape index (κ3) is 3.84. The van der Waals surface area contributed by atoms with Crippen LogP contribution in [0.1, 0.15) is 49.4 Å². The van der Waals surface area contributed by atoms with E-state index in [0.29, 0.717) is 11.4 Å². The summed E-state index contributed by atoms with van der Waals surface area (Å²) in [4.78, 5) is 16.2. The van der Waals surface area contributed by atoms with Gasteiger partial charge in [0.05, 0.1) is 0 Å². The molecule has 1 aromatic heterocycles. The Morgan fingerprint density at radius 1 is 1.40 bits per heavy atom. The van der Waals surface area contributed by atoms with Gasteiger partial charge in [0.1, 0.15) is 11.0 Å². The zero-order chi connectivity index (χ0) is 14.5. The average molecular weight is 297 g/mol. The van der Waals surface area contributed by atoms with Crippen molar-refractivity contribution in [1.82, 2.24) is 10.3 Å². The second kappa shape index (κ2) is 6.90. The fourth-order valence-electron chi connectivity index (χ4n) is 2.69. The molecule has 1 heterocycles. The Hall–Kier alpha value is -1.33. The Bertz CT molecular complexity index is 472. The minimum Gasteiger partial charge on any atom is -0.349 e. The Labute approximate surface area is 124 Å². The molecule has 0 saturated heterocycles. The molecule has 1 aromatic rings. The monoisotopic (exact) mass is 296 g/mol. The number of anilines is 1. The standard InChI is InChI=1S/C14H21ClN4O/c1-2-9-3-5-11(6-4-9)17-14(20)10-7-12(15)18-13(8-10)19-16/h7-9,11H,2-6,16H2,1H3,(H,17,20)(H,18,19). The summed E-state index contributed by atoms with van der Waals surface area (Å²) in [6.07, 6.45) is 5.70. The van der Waals surface area contributed by atoms with Crippen LogP contribution >= 0.6 is 11.6 Å². The van der Waals surface area contributed by atoms with E-state index in [2.05, 4.69) is 22.7 Å². The largest absolute Gasteiger partial charge is 0.349 e. The molecule has 1 amide bonds. The SMILES string of the molecule is CCC1CCC(NC(=O)c2cc(Cl)nc(NN)c2)CC1. The lowest BCUT2D eigenvalue weighted by Crippen LogP contribution is -2.37. The number of nitrogen functional groups attached to an aromatic ring is 1. The highest BCUT2D eigenvalue weighted by atomic mass is 35.5. The average Bonchev–Trinajstić information content (AvgIpc) is 2.47. The molecule has 0 aliphatic heterocycles. The van der Waals surface area contributed by atoms with E-state index in [0.717, 1.165) is 18.8 Å². The Balaban J connectivity index is 1.97. The number of pyridine rings is 1. The zero-order valence-corrected chi connectivity index (χ0v) is 12.4. The fourth-order valence-corrected chi connectivity index (χ4v) is 2.89. The van der Waals surface area contributed by atoms with Crippen molar-refractivity contribution in [2.75, 3.05) is 5.43 Å². The van der Waals surface area contributed by atoms with Gasteiger partial charge >= 0.3 is 0 Å². The second-order valence-electron chi connectivity index (χ2n) is 5.31. The number of hydrazine groups is 1. The summed E-state index contributed by atoms with van der Waals surface area (Å²) in [5.41, 5.74) is 2.89. The number of rotatable bonds is 4. The number of aromatic nitrogens is 1. The number of amides is 1. The molecule has 0 atom stereocenters.